The second-order valence-corrected chi connectivity index (χ2v) is 6.27. The summed E-state index contributed by atoms with van der Waals surface area (Å²) in [6.45, 7) is 10.1. The van der Waals surface area contributed by atoms with Crippen molar-refractivity contribution in [3.63, 3.8) is 0 Å². The Morgan fingerprint density at radius 3 is 2.52 bits per heavy atom. The number of rotatable bonds is 4. The van der Waals surface area contributed by atoms with E-state index in [2.05, 4.69) is 20.8 Å². The van der Waals surface area contributed by atoms with Gasteiger partial charge in [-0.1, -0.05) is 19.9 Å². The van der Waals surface area contributed by atoms with Crippen LogP contribution in [0.2, 0.25) is 0 Å². The number of hydrogen-bond acceptors (Lipinski definition) is 2. The van der Waals surface area contributed by atoms with Crippen LogP contribution in [-0.4, -0.2) is 30.0 Å². The molecule has 0 saturated carbocycles. The molecule has 0 unspecified atom stereocenters. The van der Waals surface area contributed by atoms with Crippen LogP contribution >= 0.6 is 0 Å². The highest BCUT2D eigenvalue weighted by molar-refractivity contribution is 5.81. The number of carbonyl (C=O) groups is 1. The van der Waals surface area contributed by atoms with Gasteiger partial charge >= 0.3 is 0 Å². The van der Waals surface area contributed by atoms with E-state index < -0.39 is 0 Å². The molecule has 1 atom stereocenters. The van der Waals surface area contributed by atoms with Gasteiger partial charge < -0.3 is 9.64 Å². The number of carbonyl (C=O) groups excluding carboxylic acids is 1. The van der Waals surface area contributed by atoms with E-state index in [0.29, 0.717) is 6.42 Å². The lowest BCUT2D eigenvalue weighted by atomic mass is 9.99. The minimum atomic E-state index is -0.361. The summed E-state index contributed by atoms with van der Waals surface area (Å²) < 4.78 is 5.95. The van der Waals surface area contributed by atoms with Crippen LogP contribution in [0.4, 0.5) is 0 Å². The quantitative estimate of drug-likeness (QED) is 0.845. The van der Waals surface area contributed by atoms with E-state index >= 15 is 0 Å². The number of aryl methyl sites for hydroxylation is 2. The zero-order chi connectivity index (χ0) is 15.4. The molecule has 1 saturated heterocycles. The van der Waals surface area contributed by atoms with Gasteiger partial charge in [-0.15, -0.1) is 0 Å². The van der Waals surface area contributed by atoms with Gasteiger partial charge in [-0.05, 0) is 62.3 Å². The Morgan fingerprint density at radius 1 is 1.29 bits per heavy atom. The van der Waals surface area contributed by atoms with Crippen molar-refractivity contribution in [3.8, 4) is 5.75 Å². The van der Waals surface area contributed by atoms with Gasteiger partial charge in [0.2, 0.25) is 0 Å². The van der Waals surface area contributed by atoms with Crippen LogP contribution in [0, 0.1) is 19.8 Å². The van der Waals surface area contributed by atoms with E-state index in [-0.39, 0.29) is 12.0 Å². The topological polar surface area (TPSA) is 29.5 Å². The van der Waals surface area contributed by atoms with Gasteiger partial charge in [-0.2, -0.15) is 0 Å². The molecule has 0 aliphatic carbocycles. The Balaban J connectivity index is 2.01. The number of benzene rings is 1. The molecule has 1 fully saturated rings. The maximum Gasteiger partial charge on any atom is 0.263 e. The highest BCUT2D eigenvalue weighted by atomic mass is 16.5. The highest BCUT2D eigenvalue weighted by Crippen LogP contribution is 2.21. The molecule has 0 bridgehead atoms. The minimum absolute atomic E-state index is 0.141. The van der Waals surface area contributed by atoms with E-state index in [0.717, 1.165) is 37.6 Å². The molecular formula is C18H27NO2. The molecule has 1 aromatic rings. The van der Waals surface area contributed by atoms with Crippen molar-refractivity contribution in [2.45, 2.75) is 53.1 Å². The molecule has 0 aromatic heterocycles. The fourth-order valence-electron chi connectivity index (χ4n) is 2.69. The van der Waals surface area contributed by atoms with Gasteiger partial charge in [-0.3, -0.25) is 4.79 Å². The molecule has 1 aliphatic heterocycles. The molecule has 1 aliphatic rings. The third-order valence-electron chi connectivity index (χ3n) is 4.50. The van der Waals surface area contributed by atoms with Gasteiger partial charge in [-0.25, -0.2) is 0 Å². The number of nitrogens with zero attached hydrogens (tertiary/aromatic N) is 1. The third kappa shape index (κ3) is 3.99. The van der Waals surface area contributed by atoms with Crippen LogP contribution in [-0.2, 0) is 4.79 Å². The van der Waals surface area contributed by atoms with Gasteiger partial charge in [0.25, 0.3) is 5.91 Å². The minimum Gasteiger partial charge on any atom is -0.481 e. The third-order valence-corrected chi connectivity index (χ3v) is 4.50. The average Bonchev–Trinajstić information content (AvgIpc) is 2.48. The van der Waals surface area contributed by atoms with Crippen LogP contribution in [0.1, 0.15) is 44.2 Å². The molecule has 0 radical (unpaired) electrons. The summed E-state index contributed by atoms with van der Waals surface area (Å²) in [5, 5.41) is 0. The van der Waals surface area contributed by atoms with E-state index in [1.165, 1.54) is 11.1 Å². The number of hydrogen-bond donors (Lipinski definition) is 0. The first-order valence-electron chi connectivity index (χ1n) is 8.04. The predicted molar refractivity (Wildman–Crippen MR) is 85.6 cm³/mol. The van der Waals surface area contributed by atoms with E-state index in [4.69, 9.17) is 4.74 Å². The van der Waals surface area contributed by atoms with Gasteiger partial charge in [0.05, 0.1) is 0 Å². The summed E-state index contributed by atoms with van der Waals surface area (Å²) in [6, 6.07) is 6.02. The lowest BCUT2D eigenvalue weighted by Gasteiger charge is -2.32. The van der Waals surface area contributed by atoms with Crippen molar-refractivity contribution in [2.75, 3.05) is 13.1 Å². The van der Waals surface area contributed by atoms with Gasteiger partial charge in [0.1, 0.15) is 5.75 Å². The Kier molecular flexibility index (Phi) is 5.27. The second kappa shape index (κ2) is 6.97. The summed E-state index contributed by atoms with van der Waals surface area (Å²) in [5.74, 6) is 1.67. The number of piperidine rings is 1. The lowest BCUT2D eigenvalue weighted by molar-refractivity contribution is -0.140. The SMILES string of the molecule is CC[C@H](Oc1ccc(C)c(C)c1)C(=O)N1CCC(C)CC1. The normalized spacial score (nSPS) is 17.6. The van der Waals surface area contributed by atoms with Crippen LogP contribution < -0.4 is 4.74 Å². The first kappa shape index (κ1) is 15.9. The fourth-order valence-corrected chi connectivity index (χ4v) is 2.69. The summed E-state index contributed by atoms with van der Waals surface area (Å²) >= 11 is 0. The first-order chi connectivity index (χ1) is 10.0. The fraction of sp³-hybridized carbons (Fsp3) is 0.611. The molecule has 21 heavy (non-hydrogen) atoms. The molecule has 1 aromatic carbocycles. The smallest absolute Gasteiger partial charge is 0.263 e. The summed E-state index contributed by atoms with van der Waals surface area (Å²) in [5.41, 5.74) is 2.44. The van der Waals surface area contributed by atoms with E-state index in [1.807, 2.05) is 30.0 Å². The van der Waals surface area contributed by atoms with Crippen LogP contribution in [0.5, 0.6) is 5.75 Å². The first-order valence-corrected chi connectivity index (χ1v) is 8.04. The molecule has 2 rings (SSSR count). The van der Waals surface area contributed by atoms with E-state index in [1.54, 1.807) is 0 Å². The molecule has 1 heterocycles. The van der Waals surface area contributed by atoms with Crippen molar-refractivity contribution in [2.24, 2.45) is 5.92 Å². The molecule has 0 N–H and O–H groups in total. The maximum atomic E-state index is 12.6. The average molecular weight is 289 g/mol. The second-order valence-electron chi connectivity index (χ2n) is 6.27. The Bertz CT molecular complexity index is 490. The van der Waals surface area contributed by atoms with Crippen molar-refractivity contribution in [3.05, 3.63) is 29.3 Å². The Morgan fingerprint density at radius 2 is 1.95 bits per heavy atom. The molecular weight excluding hydrogens is 262 g/mol. The Labute approximate surface area is 128 Å². The largest absolute Gasteiger partial charge is 0.481 e. The molecule has 1 amide bonds. The molecule has 116 valence electrons. The van der Waals surface area contributed by atoms with Gasteiger partial charge in [0.15, 0.2) is 6.10 Å². The molecule has 0 spiro atoms. The van der Waals surface area contributed by atoms with Crippen LogP contribution in [0.25, 0.3) is 0 Å². The zero-order valence-electron chi connectivity index (χ0n) is 13.7. The number of likely N-dealkylation sites (tertiary alicyclic amines) is 1. The predicted octanol–water partition coefficient (Wildman–Crippen LogP) is 3.72. The standard InChI is InChI=1S/C18H27NO2/c1-5-17(18(20)19-10-8-13(2)9-11-19)21-16-7-6-14(3)15(4)12-16/h6-7,12-13,17H,5,8-11H2,1-4H3/t17-/m0/s1. The monoisotopic (exact) mass is 289 g/mol. The summed E-state index contributed by atoms with van der Waals surface area (Å²) in [4.78, 5) is 14.6. The Hall–Kier alpha value is -1.51. The van der Waals surface area contributed by atoms with Crippen molar-refractivity contribution < 1.29 is 9.53 Å². The lowest BCUT2D eigenvalue weighted by Crippen LogP contribution is -2.45. The van der Waals surface area contributed by atoms with Crippen molar-refractivity contribution in [1.82, 2.24) is 4.90 Å². The maximum absolute atomic E-state index is 12.6. The summed E-state index contributed by atoms with van der Waals surface area (Å²) in [7, 11) is 0. The highest BCUT2D eigenvalue weighted by Gasteiger charge is 2.27. The zero-order valence-corrected chi connectivity index (χ0v) is 13.7. The van der Waals surface area contributed by atoms with Crippen LogP contribution in [0.15, 0.2) is 18.2 Å². The van der Waals surface area contributed by atoms with Gasteiger partial charge in [0, 0.05) is 13.1 Å². The van der Waals surface area contributed by atoms with Crippen LogP contribution in [0.3, 0.4) is 0 Å². The molecule has 3 nitrogen and oxygen atoms in total. The van der Waals surface area contributed by atoms with E-state index in [9.17, 15) is 4.79 Å². The summed E-state index contributed by atoms with van der Waals surface area (Å²) in [6.07, 6.45) is 2.55. The van der Waals surface area contributed by atoms with Crippen molar-refractivity contribution in [1.29, 1.82) is 0 Å². The molecule has 3 heteroatoms. The van der Waals surface area contributed by atoms with Crippen molar-refractivity contribution >= 4 is 5.91 Å². The number of amides is 1. The number of ether oxygens (including phenoxy) is 1.